The predicted molar refractivity (Wildman–Crippen MR) is 83.9 cm³/mol. The Morgan fingerprint density at radius 2 is 2.20 bits per heavy atom. The number of carbonyl (C=O) groups is 3. The number of amides is 4. The highest BCUT2D eigenvalue weighted by Crippen LogP contribution is 2.11. The highest BCUT2D eigenvalue weighted by atomic mass is 16.5. The van der Waals surface area contributed by atoms with Gasteiger partial charge < -0.3 is 15.2 Å². The highest BCUT2D eigenvalue weighted by Gasteiger charge is 2.29. The van der Waals surface area contributed by atoms with Crippen LogP contribution in [0.3, 0.4) is 0 Å². The summed E-state index contributed by atoms with van der Waals surface area (Å²) in [5.74, 6) is 0.150. The molecule has 0 spiro atoms. The van der Waals surface area contributed by atoms with Crippen molar-refractivity contribution in [2.75, 3.05) is 6.54 Å². The van der Waals surface area contributed by atoms with E-state index in [1.54, 1.807) is 18.3 Å². The lowest BCUT2D eigenvalue weighted by Gasteiger charge is -2.07. The van der Waals surface area contributed by atoms with Gasteiger partial charge in [0.2, 0.25) is 17.6 Å². The van der Waals surface area contributed by atoms with Crippen molar-refractivity contribution < 1.29 is 18.9 Å². The lowest BCUT2D eigenvalue weighted by Crippen LogP contribution is -2.32. The van der Waals surface area contributed by atoms with Gasteiger partial charge in [0.05, 0.1) is 0 Å². The van der Waals surface area contributed by atoms with Crippen molar-refractivity contribution in [3.8, 4) is 11.5 Å². The zero-order valence-corrected chi connectivity index (χ0v) is 13.2. The Morgan fingerprint density at radius 1 is 1.32 bits per heavy atom. The summed E-state index contributed by atoms with van der Waals surface area (Å²) in [6, 6.07) is 4.20. The van der Waals surface area contributed by atoms with Crippen LogP contribution in [0, 0.1) is 0 Å². The molecule has 3 rings (SSSR count). The van der Waals surface area contributed by atoms with E-state index in [9.17, 15) is 14.4 Å². The van der Waals surface area contributed by atoms with E-state index < -0.39 is 18.0 Å². The fourth-order valence-corrected chi connectivity index (χ4v) is 2.29. The minimum Gasteiger partial charge on any atom is -0.356 e. The monoisotopic (exact) mass is 344 g/mol. The lowest BCUT2D eigenvalue weighted by atomic mass is 10.1. The van der Waals surface area contributed by atoms with E-state index in [0.29, 0.717) is 30.4 Å². The number of pyridine rings is 1. The van der Waals surface area contributed by atoms with E-state index in [-0.39, 0.29) is 18.7 Å². The van der Waals surface area contributed by atoms with Crippen LogP contribution in [-0.2, 0) is 16.0 Å². The van der Waals surface area contributed by atoms with Gasteiger partial charge in [-0.15, -0.1) is 0 Å². The summed E-state index contributed by atoms with van der Waals surface area (Å²) < 4.78 is 5.12. The van der Waals surface area contributed by atoms with Gasteiger partial charge in [0.25, 0.3) is 5.91 Å². The molecule has 10 nitrogen and oxygen atoms in total. The van der Waals surface area contributed by atoms with Crippen LogP contribution >= 0.6 is 0 Å². The van der Waals surface area contributed by atoms with Crippen LogP contribution < -0.4 is 16.0 Å². The first-order chi connectivity index (χ1) is 12.1. The van der Waals surface area contributed by atoms with Gasteiger partial charge in [-0.25, -0.2) is 4.79 Å². The van der Waals surface area contributed by atoms with Crippen LogP contribution in [0.5, 0.6) is 0 Å². The Labute approximate surface area is 142 Å². The third-order valence-electron chi connectivity index (χ3n) is 3.54. The number of hydrogen-bond acceptors (Lipinski definition) is 7. The van der Waals surface area contributed by atoms with E-state index in [4.69, 9.17) is 4.52 Å². The second kappa shape index (κ2) is 7.51. The molecule has 25 heavy (non-hydrogen) atoms. The van der Waals surface area contributed by atoms with Crippen molar-refractivity contribution in [3.05, 3.63) is 30.3 Å². The number of urea groups is 1. The van der Waals surface area contributed by atoms with Crippen molar-refractivity contribution in [2.24, 2.45) is 0 Å². The molecule has 0 saturated carbocycles. The van der Waals surface area contributed by atoms with Crippen molar-refractivity contribution in [3.63, 3.8) is 0 Å². The predicted octanol–water partition coefficient (Wildman–Crippen LogP) is -0.221. The van der Waals surface area contributed by atoms with Crippen LogP contribution in [0.15, 0.2) is 28.9 Å². The molecule has 10 heteroatoms. The van der Waals surface area contributed by atoms with Crippen LogP contribution in [0.4, 0.5) is 4.79 Å². The SMILES string of the molecule is O=C(CCC1NC(=O)NC1=O)NCCc1nc(-c2ccccn2)no1. The Morgan fingerprint density at radius 3 is 2.92 bits per heavy atom. The molecule has 0 aromatic carbocycles. The average molecular weight is 344 g/mol. The van der Waals surface area contributed by atoms with E-state index in [1.165, 1.54) is 0 Å². The zero-order chi connectivity index (χ0) is 17.6. The number of nitrogens with zero attached hydrogens (tertiary/aromatic N) is 3. The van der Waals surface area contributed by atoms with Crippen LogP contribution in [0.2, 0.25) is 0 Å². The molecule has 1 atom stereocenters. The summed E-state index contributed by atoms with van der Waals surface area (Å²) in [7, 11) is 0. The molecule has 1 saturated heterocycles. The van der Waals surface area contributed by atoms with Gasteiger partial charge in [0, 0.05) is 25.6 Å². The molecule has 0 aliphatic carbocycles. The lowest BCUT2D eigenvalue weighted by molar-refractivity contribution is -0.122. The van der Waals surface area contributed by atoms with E-state index >= 15 is 0 Å². The number of rotatable bonds is 7. The van der Waals surface area contributed by atoms with E-state index in [2.05, 4.69) is 31.1 Å². The molecular formula is C15H16N6O4. The highest BCUT2D eigenvalue weighted by molar-refractivity contribution is 6.04. The average Bonchev–Trinajstić information content (AvgIpc) is 3.20. The van der Waals surface area contributed by atoms with Gasteiger partial charge in [0.1, 0.15) is 11.7 Å². The first-order valence-electron chi connectivity index (χ1n) is 7.74. The maximum absolute atomic E-state index is 11.8. The molecule has 0 radical (unpaired) electrons. The molecular weight excluding hydrogens is 328 g/mol. The normalized spacial score (nSPS) is 16.4. The van der Waals surface area contributed by atoms with Crippen molar-refractivity contribution in [2.45, 2.75) is 25.3 Å². The molecule has 1 unspecified atom stereocenters. The molecule has 0 bridgehead atoms. The number of hydrogen-bond donors (Lipinski definition) is 3. The maximum Gasteiger partial charge on any atom is 0.322 e. The van der Waals surface area contributed by atoms with Crippen molar-refractivity contribution in [1.29, 1.82) is 0 Å². The standard InChI is InChI=1S/C15H16N6O4/c22-11(5-4-10-14(23)20-15(24)18-10)17-8-6-12-19-13(21-25-12)9-3-1-2-7-16-9/h1-3,7,10H,4-6,8H2,(H,17,22)(H2,18,20,23,24). The minimum atomic E-state index is -0.657. The Kier molecular flexibility index (Phi) is 4.97. The van der Waals surface area contributed by atoms with Gasteiger partial charge in [-0.2, -0.15) is 4.98 Å². The molecule has 1 fully saturated rings. The van der Waals surface area contributed by atoms with Gasteiger partial charge in [-0.05, 0) is 18.6 Å². The molecule has 130 valence electrons. The van der Waals surface area contributed by atoms with Crippen LogP contribution in [-0.4, -0.2) is 45.6 Å². The van der Waals surface area contributed by atoms with Gasteiger partial charge in [-0.3, -0.25) is 19.9 Å². The minimum absolute atomic E-state index is 0.126. The largest absolute Gasteiger partial charge is 0.356 e. The van der Waals surface area contributed by atoms with Crippen LogP contribution in [0.1, 0.15) is 18.7 Å². The number of carbonyl (C=O) groups excluding carboxylic acids is 3. The van der Waals surface area contributed by atoms with Gasteiger partial charge >= 0.3 is 6.03 Å². The Bertz CT molecular complexity index is 775. The summed E-state index contributed by atoms with van der Waals surface area (Å²) in [5, 5.41) is 11.1. The fraction of sp³-hybridized carbons (Fsp3) is 0.333. The molecule has 4 amide bonds. The first-order valence-corrected chi connectivity index (χ1v) is 7.74. The second-order valence-electron chi connectivity index (χ2n) is 5.38. The molecule has 1 aliphatic rings. The van der Waals surface area contributed by atoms with Crippen LogP contribution in [0.25, 0.3) is 11.5 Å². The molecule has 3 N–H and O–H groups in total. The van der Waals surface area contributed by atoms with E-state index in [1.807, 2.05) is 6.07 Å². The smallest absolute Gasteiger partial charge is 0.322 e. The third-order valence-corrected chi connectivity index (χ3v) is 3.54. The topological polar surface area (TPSA) is 139 Å². The quantitative estimate of drug-likeness (QED) is 0.590. The van der Waals surface area contributed by atoms with Gasteiger partial charge in [-0.1, -0.05) is 11.2 Å². The molecule has 2 aromatic rings. The summed E-state index contributed by atoms with van der Waals surface area (Å²) >= 11 is 0. The zero-order valence-electron chi connectivity index (χ0n) is 13.2. The summed E-state index contributed by atoms with van der Waals surface area (Å²) in [4.78, 5) is 42.4. The summed E-state index contributed by atoms with van der Waals surface area (Å²) in [6.45, 7) is 0.325. The summed E-state index contributed by atoms with van der Waals surface area (Å²) in [5.41, 5.74) is 0.610. The van der Waals surface area contributed by atoms with Crippen molar-refractivity contribution >= 4 is 17.8 Å². The molecule has 1 aliphatic heterocycles. The number of imide groups is 1. The van der Waals surface area contributed by atoms with Crippen molar-refractivity contribution in [1.82, 2.24) is 31.1 Å². The molecule has 3 heterocycles. The molecule has 2 aromatic heterocycles. The Hall–Kier alpha value is -3.30. The third kappa shape index (κ3) is 4.37. The Balaban J connectivity index is 1.39. The second-order valence-corrected chi connectivity index (χ2v) is 5.38. The van der Waals surface area contributed by atoms with E-state index in [0.717, 1.165) is 0 Å². The first kappa shape index (κ1) is 16.6. The summed E-state index contributed by atoms with van der Waals surface area (Å²) in [6.07, 6.45) is 2.39. The maximum atomic E-state index is 11.8. The number of aromatic nitrogens is 3. The number of nitrogens with one attached hydrogen (secondary N) is 3. The van der Waals surface area contributed by atoms with Gasteiger partial charge in [0.15, 0.2) is 0 Å². The fourth-order valence-electron chi connectivity index (χ4n) is 2.29.